The van der Waals surface area contributed by atoms with E-state index in [9.17, 15) is 0 Å². The summed E-state index contributed by atoms with van der Waals surface area (Å²) in [7, 11) is 0. The molecule has 0 aromatic heterocycles. The molecule has 0 aliphatic carbocycles. The molecule has 1 fully saturated rings. The van der Waals surface area contributed by atoms with Gasteiger partial charge in [-0.25, -0.2) is 0 Å². The third-order valence-corrected chi connectivity index (χ3v) is 2.19. The van der Waals surface area contributed by atoms with Gasteiger partial charge in [-0.3, -0.25) is 0 Å². The van der Waals surface area contributed by atoms with Crippen molar-refractivity contribution in [3.8, 4) is 0 Å². The molecule has 0 unspecified atom stereocenters. The normalized spacial score (nSPS) is 22.8. The summed E-state index contributed by atoms with van der Waals surface area (Å²) in [6, 6.07) is 7.84. The van der Waals surface area contributed by atoms with E-state index in [4.69, 9.17) is 16.3 Å². The van der Waals surface area contributed by atoms with Crippen molar-refractivity contribution in [2.24, 2.45) is 0 Å². The number of ether oxygens (including phenoxy) is 1. The van der Waals surface area contributed by atoms with Gasteiger partial charge in [0.15, 0.2) is 0 Å². The second-order valence-corrected chi connectivity index (χ2v) is 3.14. The minimum absolute atomic E-state index is 0.326. The van der Waals surface area contributed by atoms with Crippen molar-refractivity contribution in [2.45, 2.75) is 12.5 Å². The molecule has 11 heavy (non-hydrogen) atoms. The van der Waals surface area contributed by atoms with Crippen LogP contribution in [-0.2, 0) is 4.74 Å². The van der Waals surface area contributed by atoms with Gasteiger partial charge in [-0.2, -0.15) is 0 Å². The molecule has 1 aromatic rings. The Morgan fingerprint density at radius 1 is 1.27 bits per heavy atom. The van der Waals surface area contributed by atoms with Crippen LogP contribution in [0.1, 0.15) is 18.1 Å². The van der Waals surface area contributed by atoms with E-state index in [-0.39, 0.29) is 0 Å². The number of halogens is 1. The van der Waals surface area contributed by atoms with Gasteiger partial charge >= 0.3 is 0 Å². The maximum Gasteiger partial charge on any atom is 0.0846 e. The van der Waals surface area contributed by atoms with Crippen molar-refractivity contribution >= 4 is 11.6 Å². The molecular weight excluding hydrogens is 160 g/mol. The Kier molecular flexibility index (Phi) is 1.84. The van der Waals surface area contributed by atoms with Crippen molar-refractivity contribution in [3.63, 3.8) is 0 Å². The first kappa shape index (κ1) is 7.14. The molecule has 0 saturated carbocycles. The van der Waals surface area contributed by atoms with Crippen LogP contribution in [0.3, 0.4) is 0 Å². The van der Waals surface area contributed by atoms with Crippen molar-refractivity contribution < 1.29 is 4.74 Å². The lowest BCUT2D eigenvalue weighted by molar-refractivity contribution is -0.0527. The van der Waals surface area contributed by atoms with Crippen molar-refractivity contribution in [1.82, 2.24) is 0 Å². The van der Waals surface area contributed by atoms with E-state index in [0.29, 0.717) is 6.10 Å². The van der Waals surface area contributed by atoms with E-state index in [2.05, 4.69) is 0 Å². The first-order valence-corrected chi connectivity index (χ1v) is 4.11. The number of rotatable bonds is 1. The third-order valence-electron chi connectivity index (χ3n) is 1.94. The fourth-order valence-corrected chi connectivity index (χ4v) is 1.30. The van der Waals surface area contributed by atoms with Gasteiger partial charge in [0.05, 0.1) is 12.7 Å². The predicted molar refractivity (Wildman–Crippen MR) is 44.8 cm³/mol. The van der Waals surface area contributed by atoms with Crippen molar-refractivity contribution in [3.05, 3.63) is 34.9 Å². The highest BCUT2D eigenvalue weighted by Crippen LogP contribution is 2.29. The smallest absolute Gasteiger partial charge is 0.0846 e. The molecule has 1 heterocycles. The molecule has 0 bridgehead atoms. The van der Waals surface area contributed by atoms with Gasteiger partial charge in [0.2, 0.25) is 0 Å². The molecule has 1 atom stereocenters. The lowest BCUT2D eigenvalue weighted by atomic mass is 10.0. The highest BCUT2D eigenvalue weighted by molar-refractivity contribution is 6.30. The Balaban J connectivity index is 2.18. The third kappa shape index (κ3) is 1.39. The van der Waals surface area contributed by atoms with Crippen LogP contribution in [0.25, 0.3) is 0 Å². The first-order valence-electron chi connectivity index (χ1n) is 3.73. The maximum absolute atomic E-state index is 5.74. The van der Waals surface area contributed by atoms with Crippen LogP contribution in [0.15, 0.2) is 24.3 Å². The van der Waals surface area contributed by atoms with E-state index in [1.54, 1.807) is 0 Å². The molecule has 1 nitrogen and oxygen atoms in total. The van der Waals surface area contributed by atoms with Gasteiger partial charge in [-0.1, -0.05) is 23.7 Å². The van der Waals surface area contributed by atoms with Crippen molar-refractivity contribution in [1.29, 1.82) is 0 Å². The largest absolute Gasteiger partial charge is 0.373 e. The summed E-state index contributed by atoms with van der Waals surface area (Å²) in [4.78, 5) is 0. The number of hydrogen-bond donors (Lipinski definition) is 0. The molecule has 0 N–H and O–H groups in total. The second-order valence-electron chi connectivity index (χ2n) is 2.70. The molecule has 58 valence electrons. The van der Waals surface area contributed by atoms with Gasteiger partial charge in [0.25, 0.3) is 0 Å². The van der Waals surface area contributed by atoms with Crippen LogP contribution in [0.2, 0.25) is 5.02 Å². The van der Waals surface area contributed by atoms with Crippen LogP contribution in [-0.4, -0.2) is 6.61 Å². The molecule has 2 heteroatoms. The van der Waals surface area contributed by atoms with Crippen LogP contribution in [0.5, 0.6) is 0 Å². The van der Waals surface area contributed by atoms with Gasteiger partial charge in [0, 0.05) is 11.4 Å². The SMILES string of the molecule is Clc1ccc([C@@H]2CCO2)cc1. The average molecular weight is 169 g/mol. The fourth-order valence-electron chi connectivity index (χ4n) is 1.18. The lowest BCUT2D eigenvalue weighted by Gasteiger charge is -2.26. The van der Waals surface area contributed by atoms with Crippen LogP contribution in [0.4, 0.5) is 0 Å². The summed E-state index contributed by atoms with van der Waals surface area (Å²) in [5, 5.41) is 0.785. The predicted octanol–water partition coefficient (Wildman–Crippen LogP) is 2.80. The molecule has 1 aliphatic heterocycles. The molecule has 1 saturated heterocycles. The summed E-state index contributed by atoms with van der Waals surface area (Å²) < 4.78 is 5.31. The quantitative estimate of drug-likeness (QED) is 0.627. The fraction of sp³-hybridized carbons (Fsp3) is 0.333. The van der Waals surface area contributed by atoms with Crippen LogP contribution < -0.4 is 0 Å². The monoisotopic (exact) mass is 168 g/mol. The summed E-state index contributed by atoms with van der Waals surface area (Å²) in [6.45, 7) is 0.896. The van der Waals surface area contributed by atoms with Crippen LogP contribution >= 0.6 is 11.6 Å². The zero-order chi connectivity index (χ0) is 7.68. The minimum atomic E-state index is 0.326. The zero-order valence-corrected chi connectivity index (χ0v) is 6.84. The number of hydrogen-bond acceptors (Lipinski definition) is 1. The summed E-state index contributed by atoms with van der Waals surface area (Å²) in [6.07, 6.45) is 1.47. The van der Waals surface area contributed by atoms with E-state index < -0.39 is 0 Å². The van der Waals surface area contributed by atoms with Crippen LogP contribution in [0, 0.1) is 0 Å². The second kappa shape index (κ2) is 2.84. The average Bonchev–Trinajstić information content (AvgIpc) is 1.90. The van der Waals surface area contributed by atoms with E-state index in [0.717, 1.165) is 18.1 Å². The van der Waals surface area contributed by atoms with Gasteiger partial charge in [0.1, 0.15) is 0 Å². The van der Waals surface area contributed by atoms with Gasteiger partial charge < -0.3 is 4.74 Å². The molecule has 0 spiro atoms. The Morgan fingerprint density at radius 2 is 1.91 bits per heavy atom. The Labute approximate surface area is 70.9 Å². The zero-order valence-electron chi connectivity index (χ0n) is 6.09. The summed E-state index contributed by atoms with van der Waals surface area (Å²) in [5.74, 6) is 0. The van der Waals surface area contributed by atoms with E-state index >= 15 is 0 Å². The highest BCUT2D eigenvalue weighted by Gasteiger charge is 2.19. The van der Waals surface area contributed by atoms with Gasteiger partial charge in [-0.05, 0) is 17.7 Å². The van der Waals surface area contributed by atoms with E-state index in [1.165, 1.54) is 5.56 Å². The Bertz CT molecular complexity index is 238. The maximum atomic E-state index is 5.74. The summed E-state index contributed by atoms with van der Waals surface area (Å²) in [5.41, 5.74) is 1.24. The molecule has 1 aliphatic rings. The Hall–Kier alpha value is -0.530. The first-order chi connectivity index (χ1) is 5.36. The molecular formula is C9H9ClO. The topological polar surface area (TPSA) is 9.23 Å². The molecule has 0 radical (unpaired) electrons. The summed E-state index contributed by atoms with van der Waals surface area (Å²) >= 11 is 5.74. The standard InChI is InChI=1S/C9H9ClO/c10-8-3-1-7(2-4-8)9-5-6-11-9/h1-4,9H,5-6H2/t9-/m0/s1. The highest BCUT2D eigenvalue weighted by atomic mass is 35.5. The Morgan fingerprint density at radius 3 is 2.36 bits per heavy atom. The minimum Gasteiger partial charge on any atom is -0.373 e. The molecule has 0 amide bonds. The van der Waals surface area contributed by atoms with Gasteiger partial charge in [-0.15, -0.1) is 0 Å². The molecule has 2 rings (SSSR count). The van der Waals surface area contributed by atoms with E-state index in [1.807, 2.05) is 24.3 Å². The lowest BCUT2D eigenvalue weighted by Crippen LogP contribution is -2.17. The van der Waals surface area contributed by atoms with Crippen molar-refractivity contribution in [2.75, 3.05) is 6.61 Å². The number of benzene rings is 1. The molecule has 1 aromatic carbocycles.